The van der Waals surface area contributed by atoms with E-state index in [-0.39, 0.29) is 0 Å². The molecule has 0 aromatic heterocycles. The highest BCUT2D eigenvalue weighted by atomic mass is 15.2. The predicted octanol–water partition coefficient (Wildman–Crippen LogP) is 3.05. The van der Waals surface area contributed by atoms with Gasteiger partial charge in [-0.25, -0.2) is 0 Å². The normalized spacial score (nSPS) is 17.8. The van der Waals surface area contributed by atoms with Crippen LogP contribution < -0.4 is 5.32 Å². The number of hydrogen-bond acceptors (Lipinski definition) is 2. The average molecular weight is 246 g/mol. The summed E-state index contributed by atoms with van der Waals surface area (Å²) in [6, 6.07) is 8.18. The van der Waals surface area contributed by atoms with E-state index in [4.69, 9.17) is 0 Å². The molecule has 1 atom stereocenters. The molecule has 1 aromatic rings. The molecule has 0 spiro atoms. The third kappa shape index (κ3) is 2.93. The van der Waals surface area contributed by atoms with Gasteiger partial charge in [0.2, 0.25) is 0 Å². The topological polar surface area (TPSA) is 15.3 Å². The summed E-state index contributed by atoms with van der Waals surface area (Å²) >= 11 is 0. The lowest BCUT2D eigenvalue weighted by atomic mass is 9.98. The van der Waals surface area contributed by atoms with E-state index in [1.54, 1.807) is 0 Å². The first kappa shape index (κ1) is 13.6. The van der Waals surface area contributed by atoms with Crippen molar-refractivity contribution in [1.29, 1.82) is 0 Å². The Hall–Kier alpha value is -0.860. The molecule has 0 amide bonds. The van der Waals surface area contributed by atoms with Crippen molar-refractivity contribution in [2.24, 2.45) is 0 Å². The minimum absolute atomic E-state index is 0.524. The van der Waals surface area contributed by atoms with Gasteiger partial charge in [-0.2, -0.15) is 0 Å². The molecule has 1 unspecified atom stereocenters. The number of rotatable bonds is 5. The monoisotopic (exact) mass is 246 g/mol. The molecule has 1 fully saturated rings. The lowest BCUT2D eigenvalue weighted by Crippen LogP contribution is -2.57. The second kappa shape index (κ2) is 5.85. The summed E-state index contributed by atoms with van der Waals surface area (Å²) in [7, 11) is 0. The quantitative estimate of drug-likeness (QED) is 0.859. The van der Waals surface area contributed by atoms with Gasteiger partial charge in [0.1, 0.15) is 0 Å². The van der Waals surface area contributed by atoms with Crippen LogP contribution in [0.3, 0.4) is 0 Å². The van der Waals surface area contributed by atoms with Gasteiger partial charge in [-0.15, -0.1) is 0 Å². The molecule has 1 saturated heterocycles. The Balaban J connectivity index is 2.17. The van der Waals surface area contributed by atoms with Crippen molar-refractivity contribution in [3.05, 3.63) is 34.9 Å². The van der Waals surface area contributed by atoms with E-state index in [9.17, 15) is 0 Å². The number of nitrogens with one attached hydrogen (secondary N) is 1. The molecular formula is C16H26N2. The lowest BCUT2D eigenvalue weighted by molar-refractivity contribution is 0.103. The van der Waals surface area contributed by atoms with Crippen molar-refractivity contribution in [1.82, 2.24) is 10.2 Å². The molecule has 0 aliphatic carbocycles. The van der Waals surface area contributed by atoms with Gasteiger partial charge in [-0.1, -0.05) is 36.2 Å². The highest BCUT2D eigenvalue weighted by molar-refractivity contribution is 5.30. The maximum atomic E-state index is 3.39. The minimum atomic E-state index is 0.524. The van der Waals surface area contributed by atoms with Gasteiger partial charge < -0.3 is 5.32 Å². The number of hydrogen-bond donors (Lipinski definition) is 1. The van der Waals surface area contributed by atoms with Gasteiger partial charge in [-0.05, 0) is 39.3 Å². The fraction of sp³-hybridized carbons (Fsp3) is 0.625. The second-order valence-corrected chi connectivity index (χ2v) is 5.65. The van der Waals surface area contributed by atoms with E-state index in [1.807, 2.05) is 0 Å². The molecule has 0 saturated carbocycles. The van der Waals surface area contributed by atoms with Gasteiger partial charge in [0.05, 0.1) is 0 Å². The minimum Gasteiger partial charge on any atom is -0.314 e. The summed E-state index contributed by atoms with van der Waals surface area (Å²) < 4.78 is 0. The van der Waals surface area contributed by atoms with Crippen molar-refractivity contribution in [3.63, 3.8) is 0 Å². The summed E-state index contributed by atoms with van der Waals surface area (Å²) in [5.74, 6) is 0. The molecule has 1 aliphatic heterocycles. The smallest absolute Gasteiger partial charge is 0.0351 e. The largest absolute Gasteiger partial charge is 0.314 e. The standard InChI is InChI=1S/C16H26N2/c1-5-6-18(16-10-17-11-16)14(4)15-8-12(2)7-13(3)9-15/h7-9,14,16-17H,5-6,10-11H2,1-4H3. The van der Waals surface area contributed by atoms with Crippen LogP contribution in [0.2, 0.25) is 0 Å². The Morgan fingerprint density at radius 2 is 1.83 bits per heavy atom. The van der Waals surface area contributed by atoms with Crippen LogP contribution in [0.25, 0.3) is 0 Å². The van der Waals surface area contributed by atoms with Crippen LogP contribution in [-0.2, 0) is 0 Å². The molecule has 1 aromatic carbocycles. The molecule has 1 aliphatic rings. The second-order valence-electron chi connectivity index (χ2n) is 5.65. The Kier molecular flexibility index (Phi) is 4.41. The molecule has 2 heteroatoms. The molecule has 1 N–H and O–H groups in total. The zero-order chi connectivity index (χ0) is 13.1. The van der Waals surface area contributed by atoms with Crippen LogP contribution in [0, 0.1) is 13.8 Å². The van der Waals surface area contributed by atoms with Crippen molar-refractivity contribution in [2.45, 2.75) is 46.2 Å². The molecule has 2 rings (SSSR count). The fourth-order valence-corrected chi connectivity index (χ4v) is 2.90. The Bertz CT molecular complexity index is 376. The molecule has 100 valence electrons. The summed E-state index contributed by atoms with van der Waals surface area (Å²) in [6.45, 7) is 12.5. The van der Waals surface area contributed by atoms with Crippen LogP contribution in [-0.4, -0.2) is 30.6 Å². The number of nitrogens with zero attached hydrogens (tertiary/aromatic N) is 1. The third-order valence-electron chi connectivity index (χ3n) is 3.93. The lowest BCUT2D eigenvalue weighted by Gasteiger charge is -2.42. The van der Waals surface area contributed by atoms with Gasteiger partial charge in [0.25, 0.3) is 0 Å². The van der Waals surface area contributed by atoms with E-state index < -0.39 is 0 Å². The summed E-state index contributed by atoms with van der Waals surface area (Å²) in [5.41, 5.74) is 4.22. The first-order chi connectivity index (χ1) is 8.61. The van der Waals surface area contributed by atoms with Gasteiger partial charge in [0, 0.05) is 25.2 Å². The first-order valence-electron chi connectivity index (χ1n) is 7.16. The molecule has 2 nitrogen and oxygen atoms in total. The van der Waals surface area contributed by atoms with Crippen molar-refractivity contribution in [2.75, 3.05) is 19.6 Å². The highest BCUT2D eigenvalue weighted by Gasteiger charge is 2.28. The summed E-state index contributed by atoms with van der Waals surface area (Å²) in [4.78, 5) is 2.66. The summed E-state index contributed by atoms with van der Waals surface area (Å²) in [5, 5.41) is 3.39. The third-order valence-corrected chi connectivity index (χ3v) is 3.93. The van der Waals surface area contributed by atoms with Crippen LogP contribution in [0.1, 0.15) is 43.0 Å². The zero-order valence-electron chi connectivity index (χ0n) is 12.2. The number of benzene rings is 1. The molecule has 0 bridgehead atoms. The van der Waals surface area contributed by atoms with Crippen LogP contribution >= 0.6 is 0 Å². The fourth-order valence-electron chi connectivity index (χ4n) is 2.90. The van der Waals surface area contributed by atoms with E-state index in [0.717, 1.165) is 19.1 Å². The average Bonchev–Trinajstić information content (AvgIpc) is 2.23. The number of aryl methyl sites for hydroxylation is 2. The van der Waals surface area contributed by atoms with E-state index in [0.29, 0.717) is 6.04 Å². The first-order valence-corrected chi connectivity index (χ1v) is 7.16. The van der Waals surface area contributed by atoms with E-state index in [1.165, 1.54) is 29.7 Å². The Morgan fingerprint density at radius 1 is 1.22 bits per heavy atom. The van der Waals surface area contributed by atoms with Crippen LogP contribution in [0.5, 0.6) is 0 Å². The van der Waals surface area contributed by atoms with Crippen LogP contribution in [0.15, 0.2) is 18.2 Å². The Morgan fingerprint density at radius 3 is 2.28 bits per heavy atom. The SMILES string of the molecule is CCCN(C1CNC1)C(C)c1cc(C)cc(C)c1. The van der Waals surface area contributed by atoms with E-state index in [2.05, 4.69) is 56.1 Å². The Labute approximate surface area is 111 Å². The summed E-state index contributed by atoms with van der Waals surface area (Å²) in [6.07, 6.45) is 1.23. The van der Waals surface area contributed by atoms with E-state index >= 15 is 0 Å². The molecule has 1 heterocycles. The van der Waals surface area contributed by atoms with Gasteiger partial charge >= 0.3 is 0 Å². The highest BCUT2D eigenvalue weighted by Crippen LogP contribution is 2.25. The van der Waals surface area contributed by atoms with Crippen molar-refractivity contribution >= 4 is 0 Å². The van der Waals surface area contributed by atoms with Crippen LogP contribution in [0.4, 0.5) is 0 Å². The van der Waals surface area contributed by atoms with Gasteiger partial charge in [0.15, 0.2) is 0 Å². The predicted molar refractivity (Wildman–Crippen MR) is 78.0 cm³/mol. The zero-order valence-corrected chi connectivity index (χ0v) is 12.2. The molecular weight excluding hydrogens is 220 g/mol. The molecule has 18 heavy (non-hydrogen) atoms. The van der Waals surface area contributed by atoms with Crippen molar-refractivity contribution in [3.8, 4) is 0 Å². The van der Waals surface area contributed by atoms with Gasteiger partial charge in [-0.3, -0.25) is 4.90 Å². The maximum Gasteiger partial charge on any atom is 0.0351 e. The van der Waals surface area contributed by atoms with Crippen molar-refractivity contribution < 1.29 is 0 Å². The molecule has 0 radical (unpaired) electrons. The maximum absolute atomic E-state index is 3.39.